The Morgan fingerprint density at radius 1 is 1.16 bits per heavy atom. The highest BCUT2D eigenvalue weighted by molar-refractivity contribution is 7.86. The molecule has 0 radical (unpaired) electrons. The molecule has 1 saturated carbocycles. The Bertz CT molecular complexity index is 374. The molecule has 1 unspecified atom stereocenters. The predicted octanol–water partition coefficient (Wildman–Crippen LogP) is 2.45. The van der Waals surface area contributed by atoms with E-state index in [0.29, 0.717) is 24.9 Å². The van der Waals surface area contributed by atoms with Crippen LogP contribution in [0.3, 0.4) is 0 Å². The van der Waals surface area contributed by atoms with Gasteiger partial charge in [-0.05, 0) is 31.6 Å². The van der Waals surface area contributed by atoms with Crippen molar-refractivity contribution in [1.29, 1.82) is 0 Å². The Morgan fingerprint density at radius 3 is 2.47 bits per heavy atom. The van der Waals surface area contributed by atoms with Gasteiger partial charge in [0.25, 0.3) is 10.2 Å². The van der Waals surface area contributed by atoms with Crippen molar-refractivity contribution in [3.8, 4) is 0 Å². The van der Waals surface area contributed by atoms with E-state index >= 15 is 0 Å². The molecular formula is C13H25ClN2O2S. The summed E-state index contributed by atoms with van der Waals surface area (Å²) in [5.41, 5.74) is 0. The molecule has 0 N–H and O–H groups in total. The number of piperidine rings is 1. The van der Waals surface area contributed by atoms with E-state index in [2.05, 4.69) is 0 Å². The Kier molecular flexibility index (Phi) is 5.52. The van der Waals surface area contributed by atoms with Gasteiger partial charge in [0, 0.05) is 32.1 Å². The Labute approximate surface area is 122 Å². The number of hydrogen-bond acceptors (Lipinski definition) is 2. The lowest BCUT2D eigenvalue weighted by atomic mass is 9.96. The van der Waals surface area contributed by atoms with Crippen LogP contribution < -0.4 is 0 Å². The fourth-order valence-corrected chi connectivity index (χ4v) is 5.14. The van der Waals surface area contributed by atoms with E-state index in [0.717, 1.165) is 38.5 Å². The molecule has 2 fully saturated rings. The van der Waals surface area contributed by atoms with E-state index in [1.54, 1.807) is 15.7 Å². The van der Waals surface area contributed by atoms with Crippen LogP contribution in [-0.2, 0) is 10.2 Å². The molecule has 1 aliphatic heterocycles. The van der Waals surface area contributed by atoms with Crippen molar-refractivity contribution >= 4 is 21.8 Å². The standard InChI is InChI=1S/C13H25ClN2O2S/c1-15(13-7-3-2-4-8-13)19(17,18)16-9-5-6-12(10-14)11-16/h12-13H,2-11H2,1H3. The van der Waals surface area contributed by atoms with Gasteiger partial charge in [-0.1, -0.05) is 19.3 Å². The molecule has 1 heterocycles. The van der Waals surface area contributed by atoms with Crippen LogP contribution in [0.5, 0.6) is 0 Å². The summed E-state index contributed by atoms with van der Waals surface area (Å²) in [5.74, 6) is 0.865. The molecule has 1 aliphatic carbocycles. The van der Waals surface area contributed by atoms with Crippen molar-refractivity contribution in [2.75, 3.05) is 26.0 Å². The van der Waals surface area contributed by atoms with Crippen molar-refractivity contribution in [2.24, 2.45) is 5.92 Å². The lowest BCUT2D eigenvalue weighted by molar-refractivity contribution is 0.233. The van der Waals surface area contributed by atoms with E-state index in [9.17, 15) is 8.42 Å². The number of halogens is 1. The molecule has 1 atom stereocenters. The average molecular weight is 309 g/mol. The van der Waals surface area contributed by atoms with Gasteiger partial charge in [0.2, 0.25) is 0 Å². The quantitative estimate of drug-likeness (QED) is 0.749. The maximum absolute atomic E-state index is 12.7. The smallest absolute Gasteiger partial charge is 0.195 e. The highest BCUT2D eigenvalue weighted by Gasteiger charge is 2.35. The van der Waals surface area contributed by atoms with Crippen molar-refractivity contribution in [3.05, 3.63) is 0 Å². The van der Waals surface area contributed by atoms with Crippen molar-refractivity contribution in [3.63, 3.8) is 0 Å². The molecule has 112 valence electrons. The summed E-state index contributed by atoms with van der Waals surface area (Å²) >= 11 is 5.89. The zero-order chi connectivity index (χ0) is 13.9. The van der Waals surface area contributed by atoms with Gasteiger partial charge in [-0.2, -0.15) is 17.0 Å². The first-order chi connectivity index (χ1) is 9.05. The minimum absolute atomic E-state index is 0.190. The Balaban J connectivity index is 2.03. The van der Waals surface area contributed by atoms with E-state index in [4.69, 9.17) is 11.6 Å². The van der Waals surface area contributed by atoms with Crippen molar-refractivity contribution in [2.45, 2.75) is 51.0 Å². The number of hydrogen-bond donors (Lipinski definition) is 0. The van der Waals surface area contributed by atoms with Crippen LogP contribution in [-0.4, -0.2) is 49.1 Å². The molecule has 4 nitrogen and oxygen atoms in total. The average Bonchev–Trinajstić information content (AvgIpc) is 2.47. The fraction of sp³-hybridized carbons (Fsp3) is 1.00. The monoisotopic (exact) mass is 308 g/mol. The molecule has 0 amide bonds. The van der Waals surface area contributed by atoms with Crippen LogP contribution in [0.1, 0.15) is 44.9 Å². The normalized spacial score (nSPS) is 27.8. The zero-order valence-electron chi connectivity index (χ0n) is 11.7. The number of rotatable bonds is 4. The summed E-state index contributed by atoms with van der Waals surface area (Å²) < 4.78 is 28.6. The van der Waals surface area contributed by atoms with Gasteiger partial charge in [-0.25, -0.2) is 0 Å². The summed E-state index contributed by atoms with van der Waals surface area (Å²) in [6, 6.07) is 0.190. The first-order valence-electron chi connectivity index (χ1n) is 7.34. The minimum atomic E-state index is -3.30. The van der Waals surface area contributed by atoms with Crippen molar-refractivity contribution in [1.82, 2.24) is 8.61 Å². The first-order valence-corrected chi connectivity index (χ1v) is 9.28. The lowest BCUT2D eigenvalue weighted by Gasteiger charge is -2.37. The molecule has 19 heavy (non-hydrogen) atoms. The van der Waals surface area contributed by atoms with Gasteiger partial charge in [-0.15, -0.1) is 11.6 Å². The minimum Gasteiger partial charge on any atom is -0.195 e. The molecule has 0 spiro atoms. The number of nitrogens with zero attached hydrogens (tertiary/aromatic N) is 2. The largest absolute Gasteiger partial charge is 0.281 e. The molecule has 0 aromatic rings. The van der Waals surface area contributed by atoms with Gasteiger partial charge in [-0.3, -0.25) is 0 Å². The van der Waals surface area contributed by atoms with E-state index in [1.165, 1.54) is 6.42 Å². The van der Waals surface area contributed by atoms with Crippen LogP contribution >= 0.6 is 11.6 Å². The third-order valence-corrected chi connectivity index (χ3v) is 6.93. The third-order valence-electron chi connectivity index (χ3n) is 4.48. The summed E-state index contributed by atoms with van der Waals surface area (Å²) in [6.07, 6.45) is 7.51. The van der Waals surface area contributed by atoms with Crippen LogP contribution in [0.4, 0.5) is 0 Å². The lowest BCUT2D eigenvalue weighted by Crippen LogP contribution is -2.50. The van der Waals surface area contributed by atoms with Gasteiger partial charge in [0.1, 0.15) is 0 Å². The van der Waals surface area contributed by atoms with E-state index < -0.39 is 10.2 Å². The fourth-order valence-electron chi connectivity index (χ4n) is 3.18. The molecule has 0 aromatic carbocycles. The molecule has 1 saturated heterocycles. The van der Waals surface area contributed by atoms with Gasteiger partial charge < -0.3 is 0 Å². The molecule has 0 aromatic heterocycles. The molecule has 2 aliphatic rings. The second-order valence-electron chi connectivity index (χ2n) is 5.84. The molecule has 0 bridgehead atoms. The Morgan fingerprint density at radius 2 is 1.84 bits per heavy atom. The Hall–Kier alpha value is 0.160. The second-order valence-corrected chi connectivity index (χ2v) is 8.13. The van der Waals surface area contributed by atoms with Crippen LogP contribution in [0.15, 0.2) is 0 Å². The van der Waals surface area contributed by atoms with Gasteiger partial charge in [0.15, 0.2) is 0 Å². The van der Waals surface area contributed by atoms with Crippen molar-refractivity contribution < 1.29 is 8.42 Å². The summed E-state index contributed by atoms with van der Waals surface area (Å²) in [6.45, 7) is 1.23. The summed E-state index contributed by atoms with van der Waals surface area (Å²) in [5, 5.41) is 0. The SMILES string of the molecule is CN(C1CCCCC1)S(=O)(=O)N1CCCC(CCl)C1. The number of alkyl halides is 1. The van der Waals surface area contributed by atoms with Gasteiger partial charge >= 0.3 is 0 Å². The predicted molar refractivity (Wildman–Crippen MR) is 78.6 cm³/mol. The first kappa shape index (κ1) is 15.5. The summed E-state index contributed by atoms with van der Waals surface area (Å²) in [4.78, 5) is 0. The summed E-state index contributed by atoms with van der Waals surface area (Å²) in [7, 11) is -1.55. The molecular weight excluding hydrogens is 284 g/mol. The highest BCUT2D eigenvalue weighted by Crippen LogP contribution is 2.27. The van der Waals surface area contributed by atoms with E-state index in [1.807, 2.05) is 0 Å². The second kappa shape index (κ2) is 6.74. The maximum atomic E-state index is 12.7. The molecule has 2 rings (SSSR count). The highest BCUT2D eigenvalue weighted by atomic mass is 35.5. The van der Waals surface area contributed by atoms with E-state index in [-0.39, 0.29) is 6.04 Å². The van der Waals surface area contributed by atoms with Crippen LogP contribution in [0.25, 0.3) is 0 Å². The topological polar surface area (TPSA) is 40.6 Å². The zero-order valence-corrected chi connectivity index (χ0v) is 13.3. The molecule has 6 heteroatoms. The van der Waals surface area contributed by atoms with Crippen LogP contribution in [0.2, 0.25) is 0 Å². The third kappa shape index (κ3) is 3.63. The maximum Gasteiger partial charge on any atom is 0.281 e. The van der Waals surface area contributed by atoms with Gasteiger partial charge in [0.05, 0.1) is 0 Å². The van der Waals surface area contributed by atoms with Crippen LogP contribution in [0, 0.1) is 5.92 Å².